The third-order valence-electron chi connectivity index (χ3n) is 3.65. The monoisotopic (exact) mass is 243 g/mol. The van der Waals surface area contributed by atoms with E-state index in [9.17, 15) is 0 Å². The second-order valence-corrected chi connectivity index (χ2v) is 4.79. The van der Waals surface area contributed by atoms with Gasteiger partial charge in [0.05, 0.1) is 17.5 Å². The Hall–Kier alpha value is -1.81. The predicted molar refractivity (Wildman–Crippen MR) is 73.6 cm³/mol. The molecule has 0 unspecified atom stereocenters. The van der Waals surface area contributed by atoms with Gasteiger partial charge in [-0.05, 0) is 25.0 Å². The van der Waals surface area contributed by atoms with E-state index in [-0.39, 0.29) is 0 Å². The summed E-state index contributed by atoms with van der Waals surface area (Å²) in [5, 5.41) is 5.60. The van der Waals surface area contributed by atoms with Crippen LogP contribution in [0.15, 0.2) is 30.6 Å². The molecular weight excluding hydrogens is 226 g/mol. The second-order valence-electron chi connectivity index (χ2n) is 4.79. The first-order valence-corrected chi connectivity index (χ1v) is 6.19. The third kappa shape index (κ3) is 1.88. The van der Waals surface area contributed by atoms with Gasteiger partial charge in [0.2, 0.25) is 0 Å². The second kappa shape index (κ2) is 4.46. The van der Waals surface area contributed by atoms with Crippen LogP contribution < -0.4 is 11.1 Å². The molecule has 0 radical (unpaired) electrons. The van der Waals surface area contributed by atoms with Crippen LogP contribution in [0.2, 0.25) is 0 Å². The Labute approximate surface area is 106 Å². The van der Waals surface area contributed by atoms with Gasteiger partial charge in [0, 0.05) is 36.3 Å². The Balaban J connectivity index is 1.83. The molecular formula is C14H17N3O. The molecule has 4 heteroatoms. The van der Waals surface area contributed by atoms with Crippen LogP contribution in [0.25, 0.3) is 10.8 Å². The maximum Gasteiger partial charge on any atom is 0.0630 e. The van der Waals surface area contributed by atoms with Crippen molar-refractivity contribution < 1.29 is 4.74 Å². The maximum absolute atomic E-state index is 6.19. The minimum absolute atomic E-state index is 0.397. The van der Waals surface area contributed by atoms with Gasteiger partial charge >= 0.3 is 0 Å². The van der Waals surface area contributed by atoms with Gasteiger partial charge in [-0.1, -0.05) is 6.07 Å². The summed E-state index contributed by atoms with van der Waals surface area (Å²) in [4.78, 5) is 4.10. The van der Waals surface area contributed by atoms with E-state index in [1.807, 2.05) is 24.4 Å². The largest absolute Gasteiger partial charge is 0.397 e. The van der Waals surface area contributed by atoms with Crippen LogP contribution >= 0.6 is 0 Å². The molecule has 3 rings (SSSR count). The Morgan fingerprint density at radius 2 is 2.17 bits per heavy atom. The van der Waals surface area contributed by atoms with Crippen LogP contribution in [0.4, 0.5) is 11.4 Å². The molecule has 0 bridgehead atoms. The zero-order valence-corrected chi connectivity index (χ0v) is 10.4. The number of nitrogens with one attached hydrogen (secondary N) is 1. The highest BCUT2D eigenvalue weighted by Gasteiger charge is 2.29. The van der Waals surface area contributed by atoms with Crippen molar-refractivity contribution in [3.63, 3.8) is 0 Å². The van der Waals surface area contributed by atoms with Crippen molar-refractivity contribution in [2.75, 3.05) is 18.2 Å². The molecule has 4 nitrogen and oxygen atoms in total. The van der Waals surface area contributed by atoms with E-state index in [1.54, 1.807) is 13.3 Å². The van der Waals surface area contributed by atoms with Crippen molar-refractivity contribution in [1.82, 2.24) is 4.98 Å². The van der Waals surface area contributed by atoms with E-state index in [0.717, 1.165) is 35.0 Å². The van der Waals surface area contributed by atoms with Crippen molar-refractivity contribution in [3.05, 3.63) is 30.6 Å². The topological polar surface area (TPSA) is 60.2 Å². The van der Waals surface area contributed by atoms with E-state index in [0.29, 0.717) is 12.1 Å². The van der Waals surface area contributed by atoms with Gasteiger partial charge in [-0.2, -0.15) is 0 Å². The molecule has 0 spiro atoms. The molecule has 0 saturated heterocycles. The highest BCUT2D eigenvalue weighted by molar-refractivity contribution is 5.98. The number of pyridine rings is 1. The molecule has 2 aromatic rings. The summed E-state index contributed by atoms with van der Waals surface area (Å²) in [5.74, 6) is 0. The number of anilines is 2. The molecule has 94 valence electrons. The lowest BCUT2D eigenvalue weighted by atomic mass is 9.89. The molecule has 1 saturated carbocycles. The van der Waals surface area contributed by atoms with Gasteiger partial charge in [-0.15, -0.1) is 0 Å². The van der Waals surface area contributed by atoms with Crippen LogP contribution in [-0.2, 0) is 4.74 Å². The normalized spacial score (nSPS) is 22.7. The predicted octanol–water partition coefficient (Wildman–Crippen LogP) is 2.41. The summed E-state index contributed by atoms with van der Waals surface area (Å²) < 4.78 is 5.28. The summed E-state index contributed by atoms with van der Waals surface area (Å²) >= 11 is 0. The van der Waals surface area contributed by atoms with Crippen LogP contribution in [0, 0.1) is 0 Å². The molecule has 1 aliphatic carbocycles. The number of aromatic nitrogens is 1. The Morgan fingerprint density at radius 3 is 2.94 bits per heavy atom. The summed E-state index contributed by atoms with van der Waals surface area (Å²) in [7, 11) is 1.76. The number of nitrogens with zero attached hydrogens (tertiary/aromatic N) is 1. The van der Waals surface area contributed by atoms with Gasteiger partial charge in [-0.3, -0.25) is 4.98 Å². The summed E-state index contributed by atoms with van der Waals surface area (Å²) in [6, 6.07) is 6.50. The first kappa shape index (κ1) is 11.3. The number of nitrogens with two attached hydrogens (primary N) is 1. The zero-order chi connectivity index (χ0) is 12.5. The number of fused-ring (bicyclic) bond motifs is 1. The van der Waals surface area contributed by atoms with Gasteiger partial charge in [-0.25, -0.2) is 0 Å². The molecule has 18 heavy (non-hydrogen) atoms. The van der Waals surface area contributed by atoms with E-state index in [4.69, 9.17) is 10.5 Å². The number of benzene rings is 1. The number of nitrogen functional groups attached to an aromatic ring is 1. The smallest absolute Gasteiger partial charge is 0.0630 e. The SMILES string of the molecule is COC1CC(Nc2ccc3cnccc3c2N)C1. The molecule has 1 fully saturated rings. The molecule has 1 aromatic carbocycles. The number of hydrogen-bond donors (Lipinski definition) is 2. The Kier molecular flexibility index (Phi) is 2.80. The molecule has 0 amide bonds. The van der Waals surface area contributed by atoms with Gasteiger partial charge in [0.25, 0.3) is 0 Å². The molecule has 0 aliphatic heterocycles. The fourth-order valence-electron chi connectivity index (χ4n) is 2.41. The minimum Gasteiger partial charge on any atom is -0.397 e. The van der Waals surface area contributed by atoms with E-state index in [2.05, 4.69) is 10.3 Å². The van der Waals surface area contributed by atoms with Gasteiger partial charge < -0.3 is 15.8 Å². The summed E-state index contributed by atoms with van der Waals surface area (Å²) in [6.07, 6.45) is 6.09. The van der Waals surface area contributed by atoms with Crippen LogP contribution in [0.5, 0.6) is 0 Å². The van der Waals surface area contributed by atoms with Crippen LogP contribution in [-0.4, -0.2) is 24.2 Å². The van der Waals surface area contributed by atoms with Crippen LogP contribution in [0.3, 0.4) is 0 Å². The van der Waals surface area contributed by atoms with Crippen molar-refractivity contribution in [2.45, 2.75) is 25.0 Å². The van der Waals surface area contributed by atoms with E-state index < -0.39 is 0 Å². The molecule has 0 atom stereocenters. The third-order valence-corrected chi connectivity index (χ3v) is 3.65. The number of rotatable bonds is 3. The highest BCUT2D eigenvalue weighted by Crippen LogP contribution is 2.32. The lowest BCUT2D eigenvalue weighted by Gasteiger charge is -2.35. The summed E-state index contributed by atoms with van der Waals surface area (Å²) in [5.41, 5.74) is 8.00. The van der Waals surface area contributed by atoms with Crippen molar-refractivity contribution in [3.8, 4) is 0 Å². The van der Waals surface area contributed by atoms with Crippen molar-refractivity contribution in [2.24, 2.45) is 0 Å². The average Bonchev–Trinajstić information content (AvgIpc) is 2.36. The van der Waals surface area contributed by atoms with E-state index in [1.165, 1.54) is 0 Å². The molecule has 1 aliphatic rings. The standard InChI is InChI=1S/C14H17N3O/c1-18-11-6-10(7-11)17-13-3-2-9-8-16-5-4-12(9)14(13)15/h2-5,8,10-11,17H,6-7,15H2,1H3. The average molecular weight is 243 g/mol. The molecule has 1 heterocycles. The zero-order valence-electron chi connectivity index (χ0n) is 10.4. The fraction of sp³-hybridized carbons (Fsp3) is 0.357. The van der Waals surface area contributed by atoms with E-state index >= 15 is 0 Å². The van der Waals surface area contributed by atoms with Crippen molar-refractivity contribution in [1.29, 1.82) is 0 Å². The Morgan fingerprint density at radius 1 is 1.33 bits per heavy atom. The lowest BCUT2D eigenvalue weighted by Crippen LogP contribution is -2.40. The summed E-state index contributed by atoms with van der Waals surface area (Å²) in [6.45, 7) is 0. The quantitative estimate of drug-likeness (QED) is 0.813. The molecule has 1 aromatic heterocycles. The number of ether oxygens (including phenoxy) is 1. The highest BCUT2D eigenvalue weighted by atomic mass is 16.5. The number of hydrogen-bond acceptors (Lipinski definition) is 4. The van der Waals surface area contributed by atoms with Gasteiger partial charge in [0.1, 0.15) is 0 Å². The first-order chi connectivity index (χ1) is 8.78. The fourth-order valence-corrected chi connectivity index (χ4v) is 2.41. The first-order valence-electron chi connectivity index (χ1n) is 6.19. The van der Waals surface area contributed by atoms with Crippen LogP contribution in [0.1, 0.15) is 12.8 Å². The minimum atomic E-state index is 0.397. The molecule has 3 N–H and O–H groups in total. The maximum atomic E-state index is 6.19. The lowest BCUT2D eigenvalue weighted by molar-refractivity contribution is 0.0329. The Bertz CT molecular complexity index is 564. The number of methoxy groups -OCH3 is 1. The van der Waals surface area contributed by atoms with Crippen molar-refractivity contribution >= 4 is 22.1 Å². The van der Waals surface area contributed by atoms with Gasteiger partial charge in [0.15, 0.2) is 0 Å².